The number of hydrogen-bond acceptors (Lipinski definition) is 4. The first-order valence-electron chi connectivity index (χ1n) is 4.24. The van der Waals surface area contributed by atoms with Gasteiger partial charge in [0.25, 0.3) is 0 Å². The van der Waals surface area contributed by atoms with E-state index in [0.29, 0.717) is 0 Å². The molecular formula is C10H11ClO4. The molecule has 1 aromatic carbocycles. The van der Waals surface area contributed by atoms with E-state index in [4.69, 9.17) is 21.1 Å². The quantitative estimate of drug-likeness (QED) is 0.589. The van der Waals surface area contributed by atoms with Crippen LogP contribution in [0.5, 0.6) is 5.75 Å². The number of hydrogen-bond donors (Lipinski definition) is 0. The molecule has 0 saturated heterocycles. The number of carbonyl (C=O) groups excluding carboxylic acids is 1. The summed E-state index contributed by atoms with van der Waals surface area (Å²) in [5.41, 5.74) is 0.849. The van der Waals surface area contributed by atoms with Crippen molar-refractivity contribution in [3.05, 3.63) is 29.8 Å². The van der Waals surface area contributed by atoms with Gasteiger partial charge in [-0.25, -0.2) is 4.79 Å². The van der Waals surface area contributed by atoms with Crippen LogP contribution in [0.15, 0.2) is 24.3 Å². The van der Waals surface area contributed by atoms with Gasteiger partial charge in [-0.1, -0.05) is 23.7 Å². The molecule has 0 saturated carbocycles. The molecule has 4 nitrogen and oxygen atoms in total. The fourth-order valence-corrected chi connectivity index (χ4v) is 1.04. The molecule has 5 heteroatoms. The van der Waals surface area contributed by atoms with E-state index in [-0.39, 0.29) is 12.7 Å². The zero-order valence-corrected chi connectivity index (χ0v) is 8.99. The summed E-state index contributed by atoms with van der Waals surface area (Å²) in [7, 11) is 1.59. The van der Waals surface area contributed by atoms with Crippen LogP contribution in [0.2, 0.25) is 0 Å². The molecular weight excluding hydrogens is 220 g/mol. The van der Waals surface area contributed by atoms with Crippen LogP contribution >= 0.6 is 11.6 Å². The molecule has 1 rings (SSSR count). The Morgan fingerprint density at radius 3 is 2.47 bits per heavy atom. The van der Waals surface area contributed by atoms with Gasteiger partial charge < -0.3 is 14.2 Å². The lowest BCUT2D eigenvalue weighted by Gasteiger charge is -2.04. The van der Waals surface area contributed by atoms with Crippen LogP contribution in [-0.2, 0) is 16.1 Å². The van der Waals surface area contributed by atoms with Crippen LogP contribution < -0.4 is 4.74 Å². The summed E-state index contributed by atoms with van der Waals surface area (Å²) in [6, 6.07) is 6.96. The average molecular weight is 231 g/mol. The highest BCUT2D eigenvalue weighted by molar-refractivity contribution is 6.17. The van der Waals surface area contributed by atoms with Crippen molar-refractivity contribution in [1.29, 1.82) is 0 Å². The molecule has 0 amide bonds. The van der Waals surface area contributed by atoms with Crippen LogP contribution in [0.3, 0.4) is 0 Å². The first kappa shape index (κ1) is 11.7. The smallest absolute Gasteiger partial charge is 0.497 e. The summed E-state index contributed by atoms with van der Waals surface area (Å²) < 4.78 is 14.1. The lowest BCUT2D eigenvalue weighted by Crippen LogP contribution is -2.05. The van der Waals surface area contributed by atoms with Crippen LogP contribution in [-0.4, -0.2) is 19.3 Å². The van der Waals surface area contributed by atoms with E-state index in [2.05, 4.69) is 4.74 Å². The number of alkyl halides is 1. The molecule has 0 aliphatic rings. The Hall–Kier alpha value is -1.42. The molecule has 0 radical (unpaired) electrons. The van der Waals surface area contributed by atoms with Crippen molar-refractivity contribution in [3.8, 4) is 5.75 Å². The van der Waals surface area contributed by atoms with E-state index in [1.54, 1.807) is 31.4 Å². The molecule has 82 valence electrons. The summed E-state index contributed by atoms with van der Waals surface area (Å²) >= 11 is 5.18. The van der Waals surface area contributed by atoms with Crippen molar-refractivity contribution < 1.29 is 19.0 Å². The number of carbonyl (C=O) groups is 1. The predicted molar refractivity (Wildman–Crippen MR) is 55.0 cm³/mol. The third-order valence-electron chi connectivity index (χ3n) is 1.69. The second-order valence-corrected chi connectivity index (χ2v) is 2.86. The molecule has 0 unspecified atom stereocenters. The highest BCUT2D eigenvalue weighted by Gasteiger charge is 2.02. The summed E-state index contributed by atoms with van der Waals surface area (Å²) in [5.74, 6) is 0.752. The molecule has 0 atom stereocenters. The van der Waals surface area contributed by atoms with E-state index < -0.39 is 6.16 Å². The Labute approximate surface area is 92.7 Å². The van der Waals surface area contributed by atoms with E-state index in [1.165, 1.54) is 0 Å². The first-order valence-corrected chi connectivity index (χ1v) is 4.78. The minimum Gasteiger partial charge on any atom is -0.497 e. The SMILES string of the molecule is COc1ccc(COC(=O)OCCl)cc1. The first-order chi connectivity index (χ1) is 7.26. The fraction of sp³-hybridized carbons (Fsp3) is 0.300. The lowest BCUT2D eigenvalue weighted by molar-refractivity contribution is 0.0620. The maximum atomic E-state index is 10.8. The molecule has 0 aliphatic carbocycles. The molecule has 0 heterocycles. The van der Waals surface area contributed by atoms with Gasteiger partial charge in [0.05, 0.1) is 7.11 Å². The van der Waals surface area contributed by atoms with Crippen molar-refractivity contribution >= 4 is 17.8 Å². The van der Waals surface area contributed by atoms with Gasteiger partial charge in [-0.2, -0.15) is 0 Å². The van der Waals surface area contributed by atoms with Gasteiger partial charge in [0.2, 0.25) is 0 Å². The van der Waals surface area contributed by atoms with E-state index >= 15 is 0 Å². The normalized spacial score (nSPS) is 9.47. The van der Waals surface area contributed by atoms with Gasteiger partial charge in [0.1, 0.15) is 12.4 Å². The molecule has 0 spiro atoms. The highest BCUT2D eigenvalue weighted by Crippen LogP contribution is 2.12. The summed E-state index contributed by atoms with van der Waals surface area (Å²) in [5, 5.41) is 0. The third kappa shape index (κ3) is 4.08. The number of methoxy groups -OCH3 is 1. The van der Waals surface area contributed by atoms with Crippen LogP contribution in [0.4, 0.5) is 4.79 Å². The third-order valence-corrected chi connectivity index (χ3v) is 1.80. The molecule has 0 aromatic heterocycles. The average Bonchev–Trinajstić information content (AvgIpc) is 2.27. The van der Waals surface area contributed by atoms with Gasteiger partial charge in [-0.05, 0) is 17.7 Å². The summed E-state index contributed by atoms with van der Waals surface area (Å²) in [6.45, 7) is 0.152. The Balaban J connectivity index is 2.40. The maximum Gasteiger partial charge on any atom is 0.509 e. The van der Waals surface area contributed by atoms with E-state index in [0.717, 1.165) is 11.3 Å². The Morgan fingerprint density at radius 2 is 1.93 bits per heavy atom. The molecule has 15 heavy (non-hydrogen) atoms. The van der Waals surface area contributed by atoms with Crippen molar-refractivity contribution in [2.75, 3.05) is 13.2 Å². The molecule has 0 aliphatic heterocycles. The van der Waals surface area contributed by atoms with Crippen molar-refractivity contribution in [3.63, 3.8) is 0 Å². The van der Waals surface area contributed by atoms with E-state index in [9.17, 15) is 4.79 Å². The minimum absolute atomic E-state index is 0.152. The Bertz CT molecular complexity index is 310. The van der Waals surface area contributed by atoms with Gasteiger partial charge in [0.15, 0.2) is 6.07 Å². The van der Waals surface area contributed by atoms with Crippen molar-refractivity contribution in [2.45, 2.75) is 6.61 Å². The minimum atomic E-state index is -0.777. The molecule has 1 aromatic rings. The molecule has 0 N–H and O–H groups in total. The maximum absolute atomic E-state index is 10.8. The topological polar surface area (TPSA) is 44.8 Å². The number of halogens is 1. The van der Waals surface area contributed by atoms with Gasteiger partial charge in [0, 0.05) is 0 Å². The van der Waals surface area contributed by atoms with Crippen molar-refractivity contribution in [1.82, 2.24) is 0 Å². The monoisotopic (exact) mass is 230 g/mol. The second kappa shape index (κ2) is 6.14. The summed E-state index contributed by atoms with van der Waals surface area (Å²) in [6.07, 6.45) is -0.777. The lowest BCUT2D eigenvalue weighted by atomic mass is 10.2. The highest BCUT2D eigenvalue weighted by atomic mass is 35.5. The van der Waals surface area contributed by atoms with Gasteiger partial charge >= 0.3 is 6.16 Å². The number of ether oxygens (including phenoxy) is 3. The zero-order chi connectivity index (χ0) is 11.1. The Kier molecular flexibility index (Phi) is 4.77. The second-order valence-electron chi connectivity index (χ2n) is 2.64. The van der Waals surface area contributed by atoms with Crippen LogP contribution in [0.25, 0.3) is 0 Å². The number of benzene rings is 1. The van der Waals surface area contributed by atoms with E-state index in [1.807, 2.05) is 0 Å². The van der Waals surface area contributed by atoms with Gasteiger partial charge in [-0.3, -0.25) is 0 Å². The fourth-order valence-electron chi connectivity index (χ4n) is 0.950. The number of rotatable bonds is 4. The van der Waals surface area contributed by atoms with Crippen LogP contribution in [0.1, 0.15) is 5.56 Å². The van der Waals surface area contributed by atoms with Gasteiger partial charge in [-0.15, -0.1) is 0 Å². The van der Waals surface area contributed by atoms with Crippen molar-refractivity contribution in [2.24, 2.45) is 0 Å². The Morgan fingerprint density at radius 1 is 1.27 bits per heavy atom. The molecule has 0 fully saturated rings. The zero-order valence-electron chi connectivity index (χ0n) is 8.23. The largest absolute Gasteiger partial charge is 0.509 e. The van der Waals surface area contributed by atoms with Crippen LogP contribution in [0, 0.1) is 0 Å². The standard InChI is InChI=1S/C10H11ClO4/c1-13-9-4-2-8(3-5-9)6-14-10(12)15-7-11/h2-5H,6-7H2,1H3. The molecule has 0 bridgehead atoms. The predicted octanol–water partition coefficient (Wildman–Crippen LogP) is 2.54. The summed E-state index contributed by atoms with van der Waals surface area (Å²) in [4.78, 5) is 10.8.